The highest BCUT2D eigenvalue weighted by atomic mass is 32.1. The predicted octanol–water partition coefficient (Wildman–Crippen LogP) is 1.68. The van der Waals surface area contributed by atoms with E-state index in [0.29, 0.717) is 13.2 Å². The molecule has 1 saturated heterocycles. The fourth-order valence-corrected chi connectivity index (χ4v) is 3.58. The molecule has 0 spiro atoms. The molecule has 1 aliphatic heterocycles. The molecule has 1 aromatic heterocycles. The normalized spacial score (nSPS) is 23.1. The van der Waals surface area contributed by atoms with Gasteiger partial charge in [0.1, 0.15) is 0 Å². The average Bonchev–Trinajstić information content (AvgIpc) is 2.90. The lowest BCUT2D eigenvalue weighted by molar-refractivity contribution is -0.142. The quantitative estimate of drug-likeness (QED) is 0.892. The number of ether oxygens (including phenoxy) is 1. The molecule has 1 N–H and O–H groups in total. The molecule has 2 heterocycles. The SMILES string of the molecule is COCCN1C(=O)CC(C(=O)O)C1c1sccc1C. The molecule has 2 unspecified atom stereocenters. The molecule has 0 aliphatic carbocycles. The first kappa shape index (κ1) is 14.0. The molecule has 5 nitrogen and oxygen atoms in total. The van der Waals surface area contributed by atoms with Gasteiger partial charge in [-0.15, -0.1) is 11.3 Å². The number of carboxylic acids is 1. The number of likely N-dealkylation sites (tertiary alicyclic amines) is 1. The van der Waals surface area contributed by atoms with Gasteiger partial charge >= 0.3 is 5.97 Å². The van der Waals surface area contributed by atoms with Gasteiger partial charge in [-0.25, -0.2) is 0 Å². The van der Waals surface area contributed by atoms with Crippen LogP contribution >= 0.6 is 11.3 Å². The molecule has 6 heteroatoms. The van der Waals surface area contributed by atoms with E-state index >= 15 is 0 Å². The van der Waals surface area contributed by atoms with Crippen LogP contribution in [0.1, 0.15) is 22.9 Å². The molecule has 0 bridgehead atoms. The third-order valence-corrected chi connectivity index (χ3v) is 4.55. The van der Waals surface area contributed by atoms with E-state index in [-0.39, 0.29) is 18.4 Å². The molecule has 0 saturated carbocycles. The number of hydrogen-bond donors (Lipinski definition) is 1. The van der Waals surface area contributed by atoms with E-state index in [0.717, 1.165) is 10.4 Å². The smallest absolute Gasteiger partial charge is 0.309 e. The molecule has 1 fully saturated rings. The molecule has 2 atom stereocenters. The maximum absolute atomic E-state index is 12.0. The number of rotatable bonds is 5. The van der Waals surface area contributed by atoms with Crippen LogP contribution in [0.5, 0.6) is 0 Å². The van der Waals surface area contributed by atoms with Gasteiger partial charge in [0.15, 0.2) is 0 Å². The number of methoxy groups -OCH3 is 1. The standard InChI is InChI=1S/C13H17NO4S/c1-8-3-6-19-12(8)11-9(13(16)17)7-10(15)14(11)4-5-18-2/h3,6,9,11H,4-5,7H2,1-2H3,(H,16,17). The highest BCUT2D eigenvalue weighted by Crippen LogP contribution is 2.41. The van der Waals surface area contributed by atoms with Crippen LogP contribution in [0.4, 0.5) is 0 Å². The zero-order valence-corrected chi connectivity index (χ0v) is 11.8. The fourth-order valence-electron chi connectivity index (χ4n) is 2.48. The number of aryl methyl sites for hydroxylation is 1. The Labute approximate surface area is 115 Å². The van der Waals surface area contributed by atoms with E-state index in [1.54, 1.807) is 12.0 Å². The summed E-state index contributed by atoms with van der Waals surface area (Å²) in [5.41, 5.74) is 1.04. The van der Waals surface area contributed by atoms with Crippen molar-refractivity contribution >= 4 is 23.2 Å². The number of thiophene rings is 1. The van der Waals surface area contributed by atoms with Crippen molar-refractivity contribution < 1.29 is 19.4 Å². The summed E-state index contributed by atoms with van der Waals surface area (Å²) in [6, 6.07) is 1.59. The van der Waals surface area contributed by atoms with Crippen molar-refractivity contribution in [2.75, 3.05) is 20.3 Å². The van der Waals surface area contributed by atoms with Gasteiger partial charge in [-0.2, -0.15) is 0 Å². The Morgan fingerprint density at radius 3 is 2.89 bits per heavy atom. The summed E-state index contributed by atoms with van der Waals surface area (Å²) in [5, 5.41) is 11.3. The Hall–Kier alpha value is -1.40. The lowest BCUT2D eigenvalue weighted by Gasteiger charge is -2.26. The second-order valence-electron chi connectivity index (χ2n) is 4.64. The van der Waals surface area contributed by atoms with E-state index in [2.05, 4.69) is 0 Å². The number of hydrogen-bond acceptors (Lipinski definition) is 4. The number of amides is 1. The summed E-state index contributed by atoms with van der Waals surface area (Å²) in [6.45, 7) is 2.79. The summed E-state index contributed by atoms with van der Waals surface area (Å²) >= 11 is 1.51. The minimum atomic E-state index is -0.911. The second-order valence-corrected chi connectivity index (χ2v) is 5.59. The summed E-state index contributed by atoms with van der Waals surface area (Å²) in [4.78, 5) is 26.0. The lowest BCUT2D eigenvalue weighted by Crippen LogP contribution is -2.33. The van der Waals surface area contributed by atoms with E-state index in [1.807, 2.05) is 18.4 Å². The van der Waals surface area contributed by atoms with Crippen molar-refractivity contribution in [3.05, 3.63) is 21.9 Å². The van der Waals surface area contributed by atoms with Gasteiger partial charge in [-0.3, -0.25) is 9.59 Å². The summed E-state index contributed by atoms with van der Waals surface area (Å²) < 4.78 is 5.01. The topological polar surface area (TPSA) is 66.8 Å². The number of aliphatic carboxylic acids is 1. The molecule has 0 radical (unpaired) electrons. The van der Waals surface area contributed by atoms with Gasteiger partial charge in [-0.1, -0.05) is 0 Å². The monoisotopic (exact) mass is 283 g/mol. The molecular formula is C13H17NO4S. The molecule has 19 heavy (non-hydrogen) atoms. The lowest BCUT2D eigenvalue weighted by atomic mass is 9.97. The van der Waals surface area contributed by atoms with Crippen LogP contribution in [0.25, 0.3) is 0 Å². The second kappa shape index (κ2) is 5.71. The zero-order valence-electron chi connectivity index (χ0n) is 11.0. The van der Waals surface area contributed by atoms with Crippen molar-refractivity contribution in [1.82, 2.24) is 4.90 Å². The minimum absolute atomic E-state index is 0.0705. The van der Waals surface area contributed by atoms with Gasteiger partial charge in [0.25, 0.3) is 0 Å². The first-order valence-electron chi connectivity index (χ1n) is 6.11. The van der Waals surface area contributed by atoms with E-state index in [9.17, 15) is 14.7 Å². The molecular weight excluding hydrogens is 266 g/mol. The van der Waals surface area contributed by atoms with E-state index < -0.39 is 11.9 Å². The number of nitrogens with zero attached hydrogens (tertiary/aromatic N) is 1. The molecule has 104 valence electrons. The predicted molar refractivity (Wildman–Crippen MR) is 71.1 cm³/mol. The Balaban J connectivity index is 2.33. The van der Waals surface area contributed by atoms with Crippen molar-refractivity contribution in [3.8, 4) is 0 Å². The molecule has 2 rings (SSSR count). The van der Waals surface area contributed by atoms with Crippen LogP contribution in [0, 0.1) is 12.8 Å². The molecule has 1 aromatic rings. The highest BCUT2D eigenvalue weighted by molar-refractivity contribution is 7.10. The zero-order chi connectivity index (χ0) is 14.0. The Morgan fingerprint density at radius 2 is 2.37 bits per heavy atom. The highest BCUT2D eigenvalue weighted by Gasteiger charge is 2.45. The fraction of sp³-hybridized carbons (Fsp3) is 0.538. The van der Waals surface area contributed by atoms with Crippen molar-refractivity contribution in [1.29, 1.82) is 0 Å². The van der Waals surface area contributed by atoms with Crippen LogP contribution < -0.4 is 0 Å². The van der Waals surface area contributed by atoms with Gasteiger partial charge in [0.2, 0.25) is 5.91 Å². The number of carbonyl (C=O) groups excluding carboxylic acids is 1. The molecule has 1 aliphatic rings. The summed E-state index contributed by atoms with van der Waals surface area (Å²) in [7, 11) is 1.57. The Kier molecular flexibility index (Phi) is 4.21. The largest absolute Gasteiger partial charge is 0.481 e. The van der Waals surface area contributed by atoms with Crippen LogP contribution in [0.2, 0.25) is 0 Å². The first-order valence-corrected chi connectivity index (χ1v) is 6.99. The third kappa shape index (κ3) is 2.64. The van der Waals surface area contributed by atoms with Crippen molar-refractivity contribution in [2.45, 2.75) is 19.4 Å². The van der Waals surface area contributed by atoms with Gasteiger partial charge in [0.05, 0.1) is 18.6 Å². The molecule has 0 aromatic carbocycles. The number of carbonyl (C=O) groups is 2. The molecule has 1 amide bonds. The van der Waals surface area contributed by atoms with Crippen LogP contribution in [0.15, 0.2) is 11.4 Å². The Bertz CT molecular complexity index is 485. The van der Waals surface area contributed by atoms with Crippen LogP contribution in [-0.2, 0) is 14.3 Å². The summed E-state index contributed by atoms with van der Waals surface area (Å²) in [5.74, 6) is -1.69. The van der Waals surface area contributed by atoms with E-state index in [1.165, 1.54) is 11.3 Å². The maximum Gasteiger partial charge on any atom is 0.309 e. The van der Waals surface area contributed by atoms with Crippen molar-refractivity contribution in [3.63, 3.8) is 0 Å². The van der Waals surface area contributed by atoms with Crippen molar-refractivity contribution in [2.24, 2.45) is 5.92 Å². The number of carboxylic acid groups (broad SMARTS) is 1. The maximum atomic E-state index is 12.0. The van der Waals surface area contributed by atoms with Gasteiger partial charge in [0, 0.05) is 25.0 Å². The third-order valence-electron chi connectivity index (χ3n) is 3.46. The summed E-state index contributed by atoms with van der Waals surface area (Å²) in [6.07, 6.45) is 0.0705. The first-order chi connectivity index (χ1) is 9.06. The van der Waals surface area contributed by atoms with Crippen LogP contribution in [-0.4, -0.2) is 42.1 Å². The van der Waals surface area contributed by atoms with Crippen LogP contribution in [0.3, 0.4) is 0 Å². The minimum Gasteiger partial charge on any atom is -0.481 e. The Morgan fingerprint density at radius 1 is 1.63 bits per heavy atom. The van der Waals surface area contributed by atoms with Gasteiger partial charge < -0.3 is 14.7 Å². The average molecular weight is 283 g/mol. The van der Waals surface area contributed by atoms with E-state index in [4.69, 9.17) is 4.74 Å². The van der Waals surface area contributed by atoms with Gasteiger partial charge in [-0.05, 0) is 23.9 Å².